The van der Waals surface area contributed by atoms with Gasteiger partial charge < -0.3 is 10.1 Å². The number of methoxy groups -OCH3 is 1. The van der Waals surface area contributed by atoms with Crippen molar-refractivity contribution in [1.82, 2.24) is 5.32 Å². The molecular formula is C28H38N3O3S+. The molecule has 2 aromatic rings. The van der Waals surface area contributed by atoms with Crippen molar-refractivity contribution in [2.24, 2.45) is 10.3 Å². The SMILES string of the molecule is CCC[N+](CCC)(C(=O)N=S)C1CCC(C(NC(=O)c2ccccc2OC)c2ccccc2)CC1. The van der Waals surface area contributed by atoms with Gasteiger partial charge in [0.15, 0.2) is 0 Å². The maximum Gasteiger partial charge on any atom is 0.454 e. The summed E-state index contributed by atoms with van der Waals surface area (Å²) in [7, 11) is 1.58. The zero-order chi connectivity index (χ0) is 25.3. The van der Waals surface area contributed by atoms with Gasteiger partial charge in [0.2, 0.25) is 0 Å². The average Bonchev–Trinajstić information content (AvgIpc) is 2.91. The third kappa shape index (κ3) is 6.14. The van der Waals surface area contributed by atoms with Crippen molar-refractivity contribution in [2.75, 3.05) is 20.2 Å². The van der Waals surface area contributed by atoms with Crippen molar-refractivity contribution in [3.05, 3.63) is 65.7 Å². The summed E-state index contributed by atoms with van der Waals surface area (Å²) < 4.78 is 9.50. The molecule has 2 aromatic carbocycles. The predicted molar refractivity (Wildman–Crippen MR) is 141 cm³/mol. The highest BCUT2D eigenvalue weighted by molar-refractivity contribution is 7.47. The Morgan fingerprint density at radius 2 is 1.60 bits per heavy atom. The highest BCUT2D eigenvalue weighted by Gasteiger charge is 2.45. The second-order valence-corrected chi connectivity index (χ2v) is 9.67. The number of quaternary nitrogens is 1. The van der Waals surface area contributed by atoms with E-state index >= 15 is 0 Å². The van der Waals surface area contributed by atoms with Crippen LogP contribution in [0, 0.1) is 5.92 Å². The summed E-state index contributed by atoms with van der Waals surface area (Å²) in [6.45, 7) is 5.77. The van der Waals surface area contributed by atoms with E-state index in [0.29, 0.717) is 15.8 Å². The zero-order valence-electron chi connectivity index (χ0n) is 21.1. The molecule has 3 amide bonds. The van der Waals surface area contributed by atoms with E-state index in [9.17, 15) is 9.59 Å². The molecule has 0 bridgehead atoms. The van der Waals surface area contributed by atoms with Gasteiger partial charge in [-0.25, -0.2) is 9.28 Å². The van der Waals surface area contributed by atoms with Gasteiger partial charge in [-0.05, 0) is 49.3 Å². The number of rotatable bonds is 10. The van der Waals surface area contributed by atoms with E-state index in [0.717, 1.165) is 57.2 Å². The maximum atomic E-state index is 13.3. The Morgan fingerprint density at radius 3 is 2.17 bits per heavy atom. The number of nitrogens with zero attached hydrogens (tertiary/aromatic N) is 2. The molecule has 0 aliphatic heterocycles. The molecule has 0 spiro atoms. The molecule has 1 saturated carbocycles. The number of para-hydroxylation sites is 1. The fraction of sp³-hybridized carbons (Fsp3) is 0.500. The number of hydrogen-bond acceptors (Lipinski definition) is 4. The minimum absolute atomic E-state index is 0.117. The van der Waals surface area contributed by atoms with Crippen molar-refractivity contribution >= 4 is 24.4 Å². The van der Waals surface area contributed by atoms with Gasteiger partial charge in [-0.15, -0.1) is 0 Å². The number of urea groups is 1. The average molecular weight is 497 g/mol. The third-order valence-electron chi connectivity index (χ3n) is 7.41. The largest absolute Gasteiger partial charge is 0.496 e. The van der Waals surface area contributed by atoms with Crippen LogP contribution in [0.25, 0.3) is 0 Å². The van der Waals surface area contributed by atoms with Crippen LogP contribution < -0.4 is 10.1 Å². The number of carbonyl (C=O) groups is 2. The van der Waals surface area contributed by atoms with Crippen LogP contribution in [0.3, 0.4) is 0 Å². The summed E-state index contributed by atoms with van der Waals surface area (Å²) in [5.74, 6) is 0.696. The van der Waals surface area contributed by atoms with Gasteiger partial charge in [-0.2, -0.15) is 0 Å². The summed E-state index contributed by atoms with van der Waals surface area (Å²) in [5, 5.41) is 3.31. The van der Waals surface area contributed by atoms with E-state index < -0.39 is 0 Å². The smallest absolute Gasteiger partial charge is 0.454 e. The molecule has 1 fully saturated rings. The van der Waals surface area contributed by atoms with Crippen LogP contribution in [-0.4, -0.2) is 42.7 Å². The fourth-order valence-electron chi connectivity index (χ4n) is 5.82. The first-order valence-electron chi connectivity index (χ1n) is 12.7. The number of carbonyl (C=O) groups excluding carboxylic acids is 2. The lowest BCUT2D eigenvalue weighted by Gasteiger charge is -2.44. The maximum absolute atomic E-state index is 13.3. The molecule has 1 N–H and O–H groups in total. The Balaban J connectivity index is 1.83. The van der Waals surface area contributed by atoms with E-state index in [4.69, 9.17) is 17.2 Å². The van der Waals surface area contributed by atoms with Gasteiger partial charge in [0.25, 0.3) is 5.91 Å². The summed E-state index contributed by atoms with van der Waals surface area (Å²) >= 11 is 4.87. The second kappa shape index (κ2) is 12.9. The van der Waals surface area contributed by atoms with Crippen molar-refractivity contribution in [3.8, 4) is 5.75 Å². The highest BCUT2D eigenvalue weighted by atomic mass is 32.1. The van der Waals surface area contributed by atoms with E-state index in [1.807, 2.05) is 30.3 Å². The fourth-order valence-corrected chi connectivity index (χ4v) is 5.98. The molecule has 1 aliphatic carbocycles. The third-order valence-corrected chi connectivity index (χ3v) is 7.57. The first kappa shape index (κ1) is 27.0. The number of ether oxygens (including phenoxy) is 1. The molecule has 3 rings (SSSR count). The summed E-state index contributed by atoms with van der Waals surface area (Å²) in [4.78, 5) is 26.3. The van der Waals surface area contributed by atoms with Gasteiger partial charge in [0, 0.05) is 12.8 Å². The van der Waals surface area contributed by atoms with Crippen molar-refractivity contribution in [1.29, 1.82) is 0 Å². The van der Waals surface area contributed by atoms with Crippen LogP contribution in [0.5, 0.6) is 5.75 Å². The standard InChI is InChI=1S/C28H37N3O3S/c1-4-19-31(20-5-2,28(33)30-35)23-17-15-22(16-18-23)26(21-11-7-6-8-12-21)29-27(32)24-13-9-10-14-25(24)34-3/h6-14,22-23,26H,4-5,15-20H2,1-3H3/p+1. The Bertz CT molecular complexity index is 984. The molecule has 1 aliphatic rings. The van der Waals surface area contributed by atoms with E-state index in [1.165, 1.54) is 0 Å². The highest BCUT2D eigenvalue weighted by Crippen LogP contribution is 2.39. The van der Waals surface area contributed by atoms with Crippen molar-refractivity contribution in [2.45, 2.75) is 64.5 Å². The minimum Gasteiger partial charge on any atom is -0.496 e. The van der Waals surface area contributed by atoms with Crippen molar-refractivity contribution in [3.63, 3.8) is 0 Å². The molecule has 0 radical (unpaired) electrons. The topological polar surface area (TPSA) is 67.8 Å². The molecule has 0 saturated heterocycles. The van der Waals surface area contributed by atoms with Crippen LogP contribution in [0.1, 0.15) is 74.3 Å². The van der Waals surface area contributed by atoms with E-state index in [2.05, 4.69) is 35.7 Å². The molecule has 188 valence electrons. The Kier molecular flexibility index (Phi) is 9.93. The number of amides is 3. The Hall–Kier alpha value is -2.64. The van der Waals surface area contributed by atoms with Crippen LogP contribution in [0.4, 0.5) is 4.79 Å². The van der Waals surface area contributed by atoms with Gasteiger partial charge in [0.1, 0.15) is 5.75 Å². The zero-order valence-corrected chi connectivity index (χ0v) is 21.9. The van der Waals surface area contributed by atoms with Gasteiger partial charge in [0.05, 0.1) is 50.3 Å². The van der Waals surface area contributed by atoms with Crippen molar-refractivity contribution < 1.29 is 18.8 Å². The predicted octanol–water partition coefficient (Wildman–Crippen LogP) is 6.21. The lowest BCUT2D eigenvalue weighted by molar-refractivity contribution is -0.876. The number of benzene rings is 2. The molecule has 0 aromatic heterocycles. The second-order valence-electron chi connectivity index (χ2n) is 9.49. The van der Waals surface area contributed by atoms with Gasteiger partial charge in [-0.1, -0.05) is 60.7 Å². The molecule has 35 heavy (non-hydrogen) atoms. The molecule has 6 nitrogen and oxygen atoms in total. The Morgan fingerprint density at radius 1 is 1.00 bits per heavy atom. The van der Waals surface area contributed by atoms with Gasteiger partial charge >= 0.3 is 6.03 Å². The molecular weight excluding hydrogens is 458 g/mol. The first-order chi connectivity index (χ1) is 17.0. The van der Waals surface area contributed by atoms with E-state index in [-0.39, 0.29) is 29.9 Å². The normalized spacial score (nSPS) is 18.9. The number of nitrogens with one attached hydrogen (secondary N) is 1. The quantitative estimate of drug-likeness (QED) is 0.397. The molecule has 7 heteroatoms. The monoisotopic (exact) mass is 496 g/mol. The molecule has 1 unspecified atom stereocenters. The summed E-state index contributed by atoms with van der Waals surface area (Å²) in [5.41, 5.74) is 1.63. The van der Waals surface area contributed by atoms with Crippen LogP contribution in [0.2, 0.25) is 0 Å². The van der Waals surface area contributed by atoms with Gasteiger partial charge in [-0.3, -0.25) is 4.79 Å². The first-order valence-corrected chi connectivity index (χ1v) is 13.1. The van der Waals surface area contributed by atoms with Crippen LogP contribution in [0.15, 0.2) is 59.0 Å². The summed E-state index contributed by atoms with van der Waals surface area (Å²) in [6, 6.07) is 17.4. The minimum atomic E-state index is -0.170. The van der Waals surface area contributed by atoms with Crippen LogP contribution >= 0.6 is 0 Å². The lowest BCUT2D eigenvalue weighted by Crippen LogP contribution is -2.60. The molecule has 0 heterocycles. The van der Waals surface area contributed by atoms with Crippen LogP contribution in [-0.2, 0) is 12.4 Å². The summed E-state index contributed by atoms with van der Waals surface area (Å²) in [6.07, 6.45) is 5.50. The van der Waals surface area contributed by atoms with E-state index in [1.54, 1.807) is 19.2 Å². The number of hydrogen-bond donors (Lipinski definition) is 1. The lowest BCUT2D eigenvalue weighted by atomic mass is 9.78. The molecule has 1 atom stereocenters. The Labute approximate surface area is 214 Å².